The molecule has 0 spiro atoms. The quantitative estimate of drug-likeness (QED) is 0.498. The molecule has 1 aromatic carbocycles. The van der Waals surface area contributed by atoms with Crippen molar-refractivity contribution in [2.24, 2.45) is 11.8 Å². The van der Waals surface area contributed by atoms with Crippen LogP contribution in [0.25, 0.3) is 10.9 Å². The molecule has 1 aromatic heterocycles. The Hall–Kier alpha value is -2.34. The van der Waals surface area contributed by atoms with Crippen molar-refractivity contribution in [2.45, 2.75) is 63.8 Å². The van der Waals surface area contributed by atoms with Gasteiger partial charge in [0, 0.05) is 29.7 Å². The van der Waals surface area contributed by atoms with Gasteiger partial charge in [-0.05, 0) is 81.8 Å². The lowest BCUT2D eigenvalue weighted by Gasteiger charge is -2.25. The van der Waals surface area contributed by atoms with E-state index in [9.17, 15) is 9.59 Å². The van der Waals surface area contributed by atoms with Crippen molar-refractivity contribution in [2.75, 3.05) is 26.7 Å². The van der Waals surface area contributed by atoms with Gasteiger partial charge in [-0.2, -0.15) is 0 Å². The number of nitrogens with zero attached hydrogens (tertiary/aromatic N) is 2. The summed E-state index contributed by atoms with van der Waals surface area (Å²) in [5.41, 5.74) is 2.51. The molecular weight excluding hydrogens is 402 g/mol. The van der Waals surface area contributed by atoms with Crippen LogP contribution in [0.3, 0.4) is 0 Å². The molecule has 5 rings (SSSR count). The van der Waals surface area contributed by atoms with E-state index in [4.69, 9.17) is 4.74 Å². The van der Waals surface area contributed by atoms with E-state index < -0.39 is 0 Å². The predicted molar refractivity (Wildman–Crippen MR) is 125 cm³/mol. The molecule has 6 heteroatoms. The van der Waals surface area contributed by atoms with Crippen LogP contribution in [-0.2, 0) is 16.0 Å². The largest absolute Gasteiger partial charge is 0.497 e. The van der Waals surface area contributed by atoms with Crippen molar-refractivity contribution in [3.05, 3.63) is 30.0 Å². The topological polar surface area (TPSA) is 65.6 Å². The third kappa shape index (κ3) is 4.05. The van der Waals surface area contributed by atoms with E-state index in [2.05, 4.69) is 28.2 Å². The summed E-state index contributed by atoms with van der Waals surface area (Å²) in [5.74, 6) is 1.07. The van der Waals surface area contributed by atoms with Gasteiger partial charge in [-0.15, -0.1) is 0 Å². The van der Waals surface area contributed by atoms with Crippen LogP contribution in [0, 0.1) is 11.8 Å². The van der Waals surface area contributed by atoms with Crippen molar-refractivity contribution in [3.8, 4) is 5.75 Å². The lowest BCUT2D eigenvalue weighted by Crippen LogP contribution is -2.34. The Morgan fingerprint density at radius 3 is 2.50 bits per heavy atom. The summed E-state index contributed by atoms with van der Waals surface area (Å²) in [6.07, 6.45) is 11.6. The van der Waals surface area contributed by atoms with Gasteiger partial charge < -0.3 is 14.6 Å². The highest BCUT2D eigenvalue weighted by atomic mass is 16.5. The van der Waals surface area contributed by atoms with Gasteiger partial charge in [-0.25, -0.2) is 0 Å². The van der Waals surface area contributed by atoms with E-state index in [0.29, 0.717) is 12.6 Å². The van der Waals surface area contributed by atoms with E-state index in [0.717, 1.165) is 69.3 Å². The number of amides is 2. The summed E-state index contributed by atoms with van der Waals surface area (Å²) in [4.78, 5) is 32.9. The van der Waals surface area contributed by atoms with E-state index in [1.54, 1.807) is 12.0 Å². The number of ether oxygens (including phenoxy) is 1. The minimum atomic E-state index is -0.0194. The summed E-state index contributed by atoms with van der Waals surface area (Å²) in [7, 11) is 1.71. The number of nitrogens with one attached hydrogen (secondary N) is 1. The molecule has 2 aromatic rings. The van der Waals surface area contributed by atoms with Crippen LogP contribution < -0.4 is 4.74 Å². The molecule has 2 amide bonds. The highest BCUT2D eigenvalue weighted by molar-refractivity contribution is 6.05. The highest BCUT2D eigenvalue weighted by Gasteiger charge is 2.47. The number of fused-ring (bicyclic) bond motifs is 2. The summed E-state index contributed by atoms with van der Waals surface area (Å²) >= 11 is 0. The maximum atomic E-state index is 12.7. The summed E-state index contributed by atoms with van der Waals surface area (Å²) in [5, 5.41) is 1.25. The zero-order valence-electron chi connectivity index (χ0n) is 19.1. The van der Waals surface area contributed by atoms with E-state index in [-0.39, 0.29) is 23.7 Å². The normalized spacial score (nSPS) is 26.3. The summed E-state index contributed by atoms with van der Waals surface area (Å²) < 4.78 is 5.42. The second-order valence-electron chi connectivity index (χ2n) is 9.79. The standard InChI is InChI=1S/C26H35N3O3/c1-32-20-10-11-24-23(16-20)18(17-27-24)15-19-7-6-13-28(19)12-4-5-14-29-25(30)21-8-2-3-9-22(21)26(29)31/h10-11,16-17,19,21-22,27H,2-9,12-15H2,1H3/t19-,21-,22+/m1/s1. The molecule has 1 saturated carbocycles. The zero-order chi connectivity index (χ0) is 22.1. The minimum Gasteiger partial charge on any atom is -0.497 e. The van der Waals surface area contributed by atoms with Gasteiger partial charge in [-0.3, -0.25) is 14.5 Å². The van der Waals surface area contributed by atoms with Crippen LogP contribution in [0.1, 0.15) is 56.9 Å². The summed E-state index contributed by atoms with van der Waals surface area (Å²) in [6, 6.07) is 6.76. The number of aromatic nitrogens is 1. The molecule has 1 aliphatic carbocycles. The molecule has 2 saturated heterocycles. The number of unbranched alkanes of at least 4 members (excludes halogenated alkanes) is 1. The van der Waals surface area contributed by atoms with Crippen LogP contribution in [0.2, 0.25) is 0 Å². The van der Waals surface area contributed by atoms with E-state index >= 15 is 0 Å². The molecule has 3 aliphatic rings. The Morgan fingerprint density at radius 2 is 1.75 bits per heavy atom. The first-order valence-corrected chi connectivity index (χ1v) is 12.4. The molecule has 32 heavy (non-hydrogen) atoms. The number of rotatable bonds is 8. The second-order valence-corrected chi connectivity index (χ2v) is 9.79. The Kier molecular flexibility index (Phi) is 6.22. The fraction of sp³-hybridized carbons (Fsp3) is 0.615. The molecule has 0 unspecified atom stereocenters. The lowest BCUT2D eigenvalue weighted by atomic mass is 9.81. The number of methoxy groups -OCH3 is 1. The van der Waals surface area contributed by atoms with Crippen molar-refractivity contribution >= 4 is 22.7 Å². The molecular formula is C26H35N3O3. The van der Waals surface area contributed by atoms with Crippen LogP contribution in [0.4, 0.5) is 0 Å². The first kappa shape index (κ1) is 21.5. The SMILES string of the molecule is COc1ccc2[nH]cc(C[C@H]3CCCN3CCCCN3C(=O)[C@H]4CCCC[C@H]4C3=O)c2c1. The first-order valence-electron chi connectivity index (χ1n) is 12.4. The van der Waals surface area contributed by atoms with Gasteiger partial charge in [0.1, 0.15) is 5.75 Å². The maximum absolute atomic E-state index is 12.7. The van der Waals surface area contributed by atoms with Gasteiger partial charge in [-0.1, -0.05) is 12.8 Å². The number of likely N-dealkylation sites (tertiary alicyclic amines) is 2. The zero-order valence-corrected chi connectivity index (χ0v) is 19.1. The molecule has 2 aliphatic heterocycles. The number of hydrogen-bond acceptors (Lipinski definition) is 4. The third-order valence-corrected chi connectivity index (χ3v) is 7.94. The molecule has 0 radical (unpaired) electrons. The molecule has 172 valence electrons. The number of carbonyl (C=O) groups is 2. The maximum Gasteiger partial charge on any atom is 0.233 e. The average Bonchev–Trinajstić information content (AvgIpc) is 3.50. The van der Waals surface area contributed by atoms with Crippen molar-refractivity contribution in [1.29, 1.82) is 0 Å². The molecule has 3 atom stereocenters. The van der Waals surface area contributed by atoms with Crippen LogP contribution >= 0.6 is 0 Å². The number of carbonyl (C=O) groups excluding carboxylic acids is 2. The van der Waals surface area contributed by atoms with Crippen molar-refractivity contribution < 1.29 is 14.3 Å². The van der Waals surface area contributed by atoms with Gasteiger partial charge in [0.15, 0.2) is 0 Å². The van der Waals surface area contributed by atoms with Gasteiger partial charge in [0.25, 0.3) is 0 Å². The molecule has 3 heterocycles. The van der Waals surface area contributed by atoms with E-state index in [1.807, 2.05) is 6.07 Å². The fourth-order valence-electron chi connectivity index (χ4n) is 6.16. The molecule has 0 bridgehead atoms. The average molecular weight is 438 g/mol. The van der Waals surface area contributed by atoms with Crippen LogP contribution in [0.15, 0.2) is 24.4 Å². The van der Waals surface area contributed by atoms with Crippen LogP contribution in [0.5, 0.6) is 5.75 Å². The Labute approximate surface area is 190 Å². The van der Waals surface area contributed by atoms with Gasteiger partial charge in [0.05, 0.1) is 18.9 Å². The molecule has 3 fully saturated rings. The summed E-state index contributed by atoms with van der Waals surface area (Å²) in [6.45, 7) is 2.78. The second kappa shape index (κ2) is 9.26. The molecule has 6 nitrogen and oxygen atoms in total. The Morgan fingerprint density at radius 1 is 1.00 bits per heavy atom. The first-order chi connectivity index (χ1) is 15.7. The van der Waals surface area contributed by atoms with E-state index in [1.165, 1.54) is 23.8 Å². The number of imide groups is 1. The Bertz CT molecular complexity index is 960. The number of H-pyrrole nitrogens is 1. The Balaban J connectivity index is 1.14. The monoisotopic (exact) mass is 437 g/mol. The fourth-order valence-corrected chi connectivity index (χ4v) is 6.16. The smallest absolute Gasteiger partial charge is 0.233 e. The number of aromatic amines is 1. The van der Waals surface area contributed by atoms with Crippen molar-refractivity contribution in [3.63, 3.8) is 0 Å². The van der Waals surface area contributed by atoms with Gasteiger partial charge >= 0.3 is 0 Å². The van der Waals surface area contributed by atoms with Crippen molar-refractivity contribution in [1.82, 2.24) is 14.8 Å². The number of benzene rings is 1. The lowest BCUT2D eigenvalue weighted by molar-refractivity contribution is -0.140. The van der Waals surface area contributed by atoms with Crippen LogP contribution in [-0.4, -0.2) is 59.4 Å². The number of hydrogen-bond donors (Lipinski definition) is 1. The highest BCUT2D eigenvalue weighted by Crippen LogP contribution is 2.38. The molecule has 1 N–H and O–H groups in total. The van der Waals surface area contributed by atoms with Gasteiger partial charge in [0.2, 0.25) is 11.8 Å². The predicted octanol–water partition coefficient (Wildman–Crippen LogP) is 4.14. The third-order valence-electron chi connectivity index (χ3n) is 7.94. The minimum absolute atomic E-state index is 0.0194.